The van der Waals surface area contributed by atoms with Crippen LogP contribution in [0.15, 0.2) is 18.2 Å². The molecule has 110 valence electrons. The van der Waals surface area contributed by atoms with Gasteiger partial charge in [0.15, 0.2) is 0 Å². The van der Waals surface area contributed by atoms with Gasteiger partial charge in [-0.25, -0.2) is 0 Å². The molecule has 1 aliphatic heterocycles. The van der Waals surface area contributed by atoms with Crippen LogP contribution in [0.3, 0.4) is 0 Å². The molecular formula is C14H21N3O3. The molecule has 0 radical (unpaired) electrons. The summed E-state index contributed by atoms with van der Waals surface area (Å²) in [5.41, 5.74) is 0.876. The lowest BCUT2D eigenvalue weighted by molar-refractivity contribution is -0.384. The summed E-state index contributed by atoms with van der Waals surface area (Å²) in [5.74, 6) is 0.525. The highest BCUT2D eigenvalue weighted by molar-refractivity contribution is 5.61. The van der Waals surface area contributed by atoms with Crippen molar-refractivity contribution in [3.63, 3.8) is 0 Å². The SMILES string of the molecule is CCN1CCC(Nc2ccc([N+](=O)[O-])cc2OC)CC1. The number of benzene rings is 1. The molecule has 1 aromatic rings. The van der Waals surface area contributed by atoms with Crippen LogP contribution in [0.25, 0.3) is 0 Å². The largest absolute Gasteiger partial charge is 0.494 e. The highest BCUT2D eigenvalue weighted by atomic mass is 16.6. The van der Waals surface area contributed by atoms with Gasteiger partial charge >= 0.3 is 0 Å². The number of rotatable bonds is 5. The molecule has 0 aliphatic carbocycles. The van der Waals surface area contributed by atoms with Crippen molar-refractivity contribution in [3.05, 3.63) is 28.3 Å². The fourth-order valence-corrected chi connectivity index (χ4v) is 2.53. The first-order valence-corrected chi connectivity index (χ1v) is 6.95. The van der Waals surface area contributed by atoms with E-state index in [1.807, 2.05) is 0 Å². The minimum atomic E-state index is -0.411. The summed E-state index contributed by atoms with van der Waals surface area (Å²) >= 11 is 0. The van der Waals surface area contributed by atoms with Crippen LogP contribution in [-0.2, 0) is 0 Å². The quantitative estimate of drug-likeness (QED) is 0.662. The van der Waals surface area contributed by atoms with Crippen molar-refractivity contribution in [3.8, 4) is 5.75 Å². The van der Waals surface area contributed by atoms with Crippen LogP contribution in [0.5, 0.6) is 5.75 Å². The van der Waals surface area contributed by atoms with Crippen LogP contribution in [-0.4, -0.2) is 42.6 Å². The Kier molecular flexibility index (Phi) is 4.79. The van der Waals surface area contributed by atoms with Gasteiger partial charge < -0.3 is 15.0 Å². The third-order valence-electron chi connectivity index (χ3n) is 3.79. The van der Waals surface area contributed by atoms with E-state index in [1.54, 1.807) is 6.07 Å². The Morgan fingerprint density at radius 1 is 1.45 bits per heavy atom. The average Bonchev–Trinajstić information content (AvgIpc) is 2.48. The zero-order valence-electron chi connectivity index (χ0n) is 12.0. The number of ether oxygens (including phenoxy) is 1. The summed E-state index contributed by atoms with van der Waals surface area (Å²) in [4.78, 5) is 12.8. The zero-order chi connectivity index (χ0) is 14.5. The fraction of sp³-hybridized carbons (Fsp3) is 0.571. The molecule has 2 rings (SSSR count). The molecule has 0 saturated carbocycles. The van der Waals surface area contributed by atoms with Crippen LogP contribution >= 0.6 is 0 Å². The molecule has 1 fully saturated rings. The minimum absolute atomic E-state index is 0.0493. The molecule has 1 heterocycles. The molecule has 1 aromatic carbocycles. The first kappa shape index (κ1) is 14.6. The van der Waals surface area contributed by atoms with Gasteiger partial charge in [0.05, 0.1) is 23.8 Å². The lowest BCUT2D eigenvalue weighted by atomic mass is 10.0. The number of hydrogen-bond acceptors (Lipinski definition) is 5. The van der Waals surface area contributed by atoms with Crippen LogP contribution < -0.4 is 10.1 Å². The number of nitro benzene ring substituents is 1. The van der Waals surface area contributed by atoms with Crippen molar-refractivity contribution < 1.29 is 9.66 Å². The number of hydrogen-bond donors (Lipinski definition) is 1. The molecule has 20 heavy (non-hydrogen) atoms. The maximum Gasteiger partial charge on any atom is 0.273 e. The summed E-state index contributed by atoms with van der Waals surface area (Å²) in [7, 11) is 1.53. The average molecular weight is 279 g/mol. The van der Waals surface area contributed by atoms with Crippen molar-refractivity contribution in [1.29, 1.82) is 0 Å². The predicted octanol–water partition coefficient (Wildman–Crippen LogP) is 2.50. The number of anilines is 1. The Hall–Kier alpha value is -1.82. The first-order valence-electron chi connectivity index (χ1n) is 6.95. The normalized spacial score (nSPS) is 16.9. The maximum atomic E-state index is 10.8. The number of methoxy groups -OCH3 is 1. The van der Waals surface area contributed by atoms with E-state index in [1.165, 1.54) is 19.2 Å². The molecule has 0 aromatic heterocycles. The van der Waals surface area contributed by atoms with E-state index < -0.39 is 4.92 Å². The van der Waals surface area contributed by atoms with Crippen LogP contribution in [0.4, 0.5) is 11.4 Å². The van der Waals surface area contributed by atoms with Gasteiger partial charge in [0, 0.05) is 25.2 Å². The van der Waals surface area contributed by atoms with Crippen molar-refractivity contribution in [2.24, 2.45) is 0 Å². The zero-order valence-corrected chi connectivity index (χ0v) is 12.0. The Bertz CT molecular complexity index is 471. The maximum absolute atomic E-state index is 10.8. The second-order valence-corrected chi connectivity index (χ2v) is 4.99. The lowest BCUT2D eigenvalue weighted by Gasteiger charge is -2.32. The van der Waals surface area contributed by atoms with Crippen LogP contribution in [0.1, 0.15) is 19.8 Å². The van der Waals surface area contributed by atoms with Gasteiger partial charge in [-0.2, -0.15) is 0 Å². The highest BCUT2D eigenvalue weighted by Gasteiger charge is 2.19. The van der Waals surface area contributed by atoms with Crippen molar-refractivity contribution in [2.75, 3.05) is 32.1 Å². The second kappa shape index (κ2) is 6.56. The van der Waals surface area contributed by atoms with E-state index in [0.717, 1.165) is 38.2 Å². The summed E-state index contributed by atoms with van der Waals surface area (Å²) in [5, 5.41) is 14.2. The molecule has 1 N–H and O–H groups in total. The third-order valence-corrected chi connectivity index (χ3v) is 3.79. The van der Waals surface area contributed by atoms with Gasteiger partial charge in [0.2, 0.25) is 0 Å². The number of likely N-dealkylation sites (tertiary alicyclic amines) is 1. The number of piperidine rings is 1. The first-order chi connectivity index (χ1) is 9.63. The van der Waals surface area contributed by atoms with Crippen molar-refractivity contribution in [2.45, 2.75) is 25.8 Å². The molecule has 0 unspecified atom stereocenters. The standard InChI is InChI=1S/C14H21N3O3/c1-3-16-8-6-11(7-9-16)15-13-5-4-12(17(18)19)10-14(13)20-2/h4-5,10-11,15H,3,6-9H2,1-2H3. The lowest BCUT2D eigenvalue weighted by Crippen LogP contribution is -2.38. The number of nitro groups is 1. The predicted molar refractivity (Wildman–Crippen MR) is 78.4 cm³/mol. The Morgan fingerprint density at radius 3 is 2.70 bits per heavy atom. The van der Waals surface area contributed by atoms with E-state index in [-0.39, 0.29) is 5.69 Å². The Balaban J connectivity index is 2.04. The molecule has 1 aliphatic rings. The van der Waals surface area contributed by atoms with Gasteiger partial charge in [0.1, 0.15) is 5.75 Å². The molecular weight excluding hydrogens is 258 g/mol. The summed E-state index contributed by atoms with van der Waals surface area (Å²) < 4.78 is 5.24. The van der Waals surface area contributed by atoms with E-state index >= 15 is 0 Å². The van der Waals surface area contributed by atoms with Crippen molar-refractivity contribution in [1.82, 2.24) is 4.90 Å². The summed E-state index contributed by atoms with van der Waals surface area (Å²) in [6.45, 7) is 5.44. The van der Waals surface area contributed by atoms with Gasteiger partial charge in [-0.3, -0.25) is 10.1 Å². The molecule has 6 nitrogen and oxygen atoms in total. The topological polar surface area (TPSA) is 67.6 Å². The molecule has 0 atom stereocenters. The number of nitrogens with zero attached hydrogens (tertiary/aromatic N) is 2. The van der Waals surface area contributed by atoms with Gasteiger partial charge in [0.25, 0.3) is 5.69 Å². The van der Waals surface area contributed by atoms with Gasteiger partial charge in [-0.1, -0.05) is 6.92 Å². The Labute approximate surface area is 118 Å². The van der Waals surface area contributed by atoms with E-state index in [0.29, 0.717) is 11.8 Å². The van der Waals surface area contributed by atoms with E-state index in [4.69, 9.17) is 4.74 Å². The van der Waals surface area contributed by atoms with E-state index in [2.05, 4.69) is 17.1 Å². The van der Waals surface area contributed by atoms with E-state index in [9.17, 15) is 10.1 Å². The molecule has 0 spiro atoms. The molecule has 0 amide bonds. The Morgan fingerprint density at radius 2 is 2.15 bits per heavy atom. The highest BCUT2D eigenvalue weighted by Crippen LogP contribution is 2.30. The number of non-ortho nitro benzene ring substituents is 1. The minimum Gasteiger partial charge on any atom is -0.494 e. The van der Waals surface area contributed by atoms with Crippen LogP contribution in [0.2, 0.25) is 0 Å². The summed E-state index contributed by atoms with van der Waals surface area (Å²) in [6.07, 6.45) is 2.15. The summed E-state index contributed by atoms with van der Waals surface area (Å²) in [6, 6.07) is 5.09. The smallest absolute Gasteiger partial charge is 0.273 e. The molecule has 6 heteroatoms. The molecule has 1 saturated heterocycles. The van der Waals surface area contributed by atoms with Crippen LogP contribution in [0, 0.1) is 10.1 Å². The van der Waals surface area contributed by atoms with Gasteiger partial charge in [-0.15, -0.1) is 0 Å². The third kappa shape index (κ3) is 3.39. The number of nitrogens with one attached hydrogen (secondary N) is 1. The fourth-order valence-electron chi connectivity index (χ4n) is 2.53. The monoisotopic (exact) mass is 279 g/mol. The molecule has 0 bridgehead atoms. The van der Waals surface area contributed by atoms with Gasteiger partial charge in [-0.05, 0) is 25.5 Å². The van der Waals surface area contributed by atoms with Crippen molar-refractivity contribution >= 4 is 11.4 Å². The second-order valence-electron chi connectivity index (χ2n) is 4.99.